The van der Waals surface area contributed by atoms with Gasteiger partial charge < -0.3 is 10.2 Å². The van der Waals surface area contributed by atoms with Gasteiger partial charge in [0.2, 0.25) is 0 Å². The van der Waals surface area contributed by atoms with Crippen LogP contribution in [0.25, 0.3) is 0 Å². The Morgan fingerprint density at radius 3 is 2.86 bits per heavy atom. The van der Waals surface area contributed by atoms with E-state index in [0.717, 1.165) is 44.8 Å². The average molecular weight is 294 g/mol. The molecule has 2 unspecified atom stereocenters. The number of likely N-dealkylation sites (tertiary alicyclic amines) is 1. The van der Waals surface area contributed by atoms with E-state index >= 15 is 0 Å². The van der Waals surface area contributed by atoms with E-state index in [9.17, 15) is 13.6 Å². The first kappa shape index (κ1) is 14.4. The molecule has 0 spiro atoms. The summed E-state index contributed by atoms with van der Waals surface area (Å²) in [5.74, 6) is -1.95. The minimum atomic E-state index is -1.03. The molecule has 114 valence electrons. The Kier molecular flexibility index (Phi) is 4.19. The normalized spacial score (nSPS) is 26.1. The molecule has 2 fully saturated rings. The monoisotopic (exact) mass is 294 g/mol. The second-order valence-corrected chi connectivity index (χ2v) is 5.92. The zero-order valence-electron chi connectivity index (χ0n) is 11.9. The van der Waals surface area contributed by atoms with Crippen molar-refractivity contribution in [3.8, 4) is 0 Å². The van der Waals surface area contributed by atoms with Gasteiger partial charge in [0.15, 0.2) is 11.6 Å². The van der Waals surface area contributed by atoms with Crippen molar-refractivity contribution in [3.63, 3.8) is 0 Å². The highest BCUT2D eigenvalue weighted by Crippen LogP contribution is 2.30. The predicted molar refractivity (Wildman–Crippen MR) is 76.0 cm³/mol. The van der Waals surface area contributed by atoms with Crippen molar-refractivity contribution in [2.75, 3.05) is 19.6 Å². The van der Waals surface area contributed by atoms with E-state index in [1.807, 2.05) is 0 Å². The lowest BCUT2D eigenvalue weighted by molar-refractivity contribution is 0.0665. The van der Waals surface area contributed by atoms with Crippen LogP contribution >= 0.6 is 0 Å². The predicted octanol–water partition coefficient (Wildman–Crippen LogP) is 2.57. The lowest BCUT2D eigenvalue weighted by atomic mass is 9.90. The fraction of sp³-hybridized carbons (Fsp3) is 0.562. The van der Waals surface area contributed by atoms with Gasteiger partial charge in [-0.1, -0.05) is 6.07 Å². The summed E-state index contributed by atoms with van der Waals surface area (Å²) in [7, 11) is 0. The number of nitrogens with one attached hydrogen (secondary N) is 1. The fourth-order valence-corrected chi connectivity index (χ4v) is 3.57. The smallest absolute Gasteiger partial charge is 0.257 e. The van der Waals surface area contributed by atoms with Crippen molar-refractivity contribution in [3.05, 3.63) is 35.4 Å². The molecule has 1 amide bonds. The van der Waals surface area contributed by atoms with Crippen molar-refractivity contribution in [1.82, 2.24) is 10.2 Å². The van der Waals surface area contributed by atoms with E-state index in [2.05, 4.69) is 5.32 Å². The van der Waals surface area contributed by atoms with Gasteiger partial charge in [0.05, 0.1) is 5.56 Å². The van der Waals surface area contributed by atoms with Crippen LogP contribution in [0.1, 0.15) is 36.0 Å². The Morgan fingerprint density at radius 1 is 1.24 bits per heavy atom. The summed E-state index contributed by atoms with van der Waals surface area (Å²) < 4.78 is 27.2. The van der Waals surface area contributed by atoms with Gasteiger partial charge in [-0.3, -0.25) is 4.79 Å². The number of hydrogen-bond donors (Lipinski definition) is 1. The highest BCUT2D eigenvalue weighted by Gasteiger charge is 2.36. The molecule has 2 aliphatic rings. The SMILES string of the molecule is O=C(c1cccc(F)c1F)N1CCCC1C1CCCNC1. The van der Waals surface area contributed by atoms with Gasteiger partial charge in [0, 0.05) is 12.6 Å². The molecule has 0 radical (unpaired) electrons. The number of amides is 1. The number of piperidine rings is 1. The summed E-state index contributed by atoms with van der Waals surface area (Å²) in [6.45, 7) is 2.56. The molecule has 1 N–H and O–H groups in total. The molecule has 2 saturated heterocycles. The summed E-state index contributed by atoms with van der Waals surface area (Å²) in [5, 5.41) is 3.36. The van der Waals surface area contributed by atoms with Crippen LogP contribution in [0, 0.1) is 17.6 Å². The number of carbonyl (C=O) groups is 1. The maximum absolute atomic E-state index is 13.8. The van der Waals surface area contributed by atoms with Gasteiger partial charge in [-0.2, -0.15) is 0 Å². The second kappa shape index (κ2) is 6.10. The van der Waals surface area contributed by atoms with Gasteiger partial charge in [-0.15, -0.1) is 0 Å². The highest BCUT2D eigenvalue weighted by molar-refractivity contribution is 5.95. The lowest BCUT2D eigenvalue weighted by Crippen LogP contribution is -2.45. The quantitative estimate of drug-likeness (QED) is 0.909. The molecule has 3 nitrogen and oxygen atoms in total. The fourth-order valence-electron chi connectivity index (χ4n) is 3.57. The van der Waals surface area contributed by atoms with Crippen LogP contribution in [0.5, 0.6) is 0 Å². The molecule has 0 aliphatic carbocycles. The first-order valence-electron chi connectivity index (χ1n) is 7.64. The molecule has 2 aliphatic heterocycles. The lowest BCUT2D eigenvalue weighted by Gasteiger charge is -2.34. The van der Waals surface area contributed by atoms with Gasteiger partial charge >= 0.3 is 0 Å². The first-order chi connectivity index (χ1) is 10.2. The summed E-state index contributed by atoms with van der Waals surface area (Å²) in [6.07, 6.45) is 4.09. The van der Waals surface area contributed by atoms with Gasteiger partial charge in [-0.05, 0) is 56.8 Å². The zero-order valence-corrected chi connectivity index (χ0v) is 11.9. The number of carbonyl (C=O) groups excluding carboxylic acids is 1. The number of halogens is 2. The van der Waals surface area contributed by atoms with Crippen LogP contribution in [-0.4, -0.2) is 36.5 Å². The number of nitrogens with zero attached hydrogens (tertiary/aromatic N) is 1. The molecule has 2 atom stereocenters. The summed E-state index contributed by atoms with van der Waals surface area (Å²) >= 11 is 0. The van der Waals surface area contributed by atoms with E-state index in [0.29, 0.717) is 12.5 Å². The molecule has 0 aromatic heterocycles. The minimum Gasteiger partial charge on any atom is -0.335 e. The molecule has 1 aromatic rings. The van der Waals surface area contributed by atoms with Crippen LogP contribution < -0.4 is 5.32 Å². The Balaban J connectivity index is 1.81. The molecule has 0 bridgehead atoms. The molecular weight excluding hydrogens is 274 g/mol. The van der Waals surface area contributed by atoms with Crippen LogP contribution in [0.15, 0.2) is 18.2 Å². The molecular formula is C16H20F2N2O. The number of benzene rings is 1. The van der Waals surface area contributed by atoms with E-state index in [1.165, 1.54) is 12.1 Å². The summed E-state index contributed by atoms with van der Waals surface area (Å²) in [5.41, 5.74) is -0.148. The highest BCUT2D eigenvalue weighted by atomic mass is 19.2. The molecule has 3 rings (SSSR count). The maximum Gasteiger partial charge on any atom is 0.257 e. The molecule has 2 heterocycles. The van der Waals surface area contributed by atoms with E-state index < -0.39 is 11.6 Å². The molecule has 1 aromatic carbocycles. The average Bonchev–Trinajstić information content (AvgIpc) is 3.00. The van der Waals surface area contributed by atoms with Crippen LogP contribution in [0.2, 0.25) is 0 Å². The maximum atomic E-state index is 13.8. The van der Waals surface area contributed by atoms with Crippen LogP contribution in [-0.2, 0) is 0 Å². The molecule has 5 heteroatoms. The Morgan fingerprint density at radius 2 is 2.10 bits per heavy atom. The Bertz CT molecular complexity index is 529. The third kappa shape index (κ3) is 2.79. The van der Waals surface area contributed by atoms with Crippen LogP contribution in [0.4, 0.5) is 8.78 Å². The van der Waals surface area contributed by atoms with E-state index in [-0.39, 0.29) is 17.5 Å². The summed E-state index contributed by atoms with van der Waals surface area (Å²) in [6, 6.07) is 3.94. The molecule has 21 heavy (non-hydrogen) atoms. The Hall–Kier alpha value is -1.49. The third-order valence-electron chi connectivity index (χ3n) is 4.62. The number of rotatable bonds is 2. The summed E-state index contributed by atoms with van der Waals surface area (Å²) in [4.78, 5) is 14.3. The van der Waals surface area contributed by atoms with Crippen molar-refractivity contribution < 1.29 is 13.6 Å². The van der Waals surface area contributed by atoms with Crippen molar-refractivity contribution in [2.24, 2.45) is 5.92 Å². The second-order valence-electron chi connectivity index (χ2n) is 5.92. The van der Waals surface area contributed by atoms with Crippen molar-refractivity contribution in [1.29, 1.82) is 0 Å². The van der Waals surface area contributed by atoms with Crippen molar-refractivity contribution in [2.45, 2.75) is 31.7 Å². The number of hydrogen-bond acceptors (Lipinski definition) is 2. The Labute approximate surface area is 123 Å². The van der Waals surface area contributed by atoms with Gasteiger partial charge in [0.1, 0.15) is 0 Å². The largest absolute Gasteiger partial charge is 0.335 e. The zero-order chi connectivity index (χ0) is 14.8. The minimum absolute atomic E-state index is 0.146. The van der Waals surface area contributed by atoms with Crippen molar-refractivity contribution >= 4 is 5.91 Å². The van der Waals surface area contributed by atoms with Gasteiger partial charge in [-0.25, -0.2) is 8.78 Å². The first-order valence-corrected chi connectivity index (χ1v) is 7.64. The van der Waals surface area contributed by atoms with Crippen LogP contribution in [0.3, 0.4) is 0 Å². The topological polar surface area (TPSA) is 32.3 Å². The van der Waals surface area contributed by atoms with E-state index in [4.69, 9.17) is 0 Å². The van der Waals surface area contributed by atoms with Gasteiger partial charge in [0.25, 0.3) is 5.91 Å². The van der Waals surface area contributed by atoms with E-state index in [1.54, 1.807) is 4.90 Å². The molecule has 0 saturated carbocycles. The standard InChI is InChI=1S/C16H20F2N2O/c17-13-6-1-5-12(15(13)18)16(21)20-9-3-7-14(20)11-4-2-8-19-10-11/h1,5-6,11,14,19H,2-4,7-10H2. The third-order valence-corrected chi connectivity index (χ3v) is 4.62.